The Morgan fingerprint density at radius 2 is 1.96 bits per heavy atom. The van der Waals surface area contributed by atoms with Crippen molar-refractivity contribution in [3.8, 4) is 0 Å². The standard InChI is InChI=1S/C20H39BrN4O2Si/c1-16(21)25(15-27-11-12-28(4,5)6)19-14-24(13-18(19)22-2)20(26)17-7-9-23(3)10-8-17/h16-17,22H,7-15H2,1-6H3. The maximum atomic E-state index is 13.1. The first-order valence-electron chi connectivity index (χ1n) is 10.5. The molecule has 0 radical (unpaired) electrons. The zero-order valence-corrected chi connectivity index (χ0v) is 21.1. The number of rotatable bonds is 9. The number of ether oxygens (including phenoxy) is 1. The summed E-state index contributed by atoms with van der Waals surface area (Å²) in [6.45, 7) is 13.9. The molecule has 1 fully saturated rings. The molecule has 2 aliphatic heterocycles. The third-order valence-electron chi connectivity index (χ3n) is 5.72. The highest BCUT2D eigenvalue weighted by atomic mass is 79.9. The number of carbonyl (C=O) groups excluding carboxylic acids is 1. The summed E-state index contributed by atoms with van der Waals surface area (Å²) in [5.41, 5.74) is 2.29. The summed E-state index contributed by atoms with van der Waals surface area (Å²) < 4.78 is 6.02. The van der Waals surface area contributed by atoms with Crippen molar-refractivity contribution in [3.63, 3.8) is 0 Å². The van der Waals surface area contributed by atoms with Crippen LogP contribution in [0.5, 0.6) is 0 Å². The number of hydrogen-bond acceptors (Lipinski definition) is 5. The van der Waals surface area contributed by atoms with E-state index in [0.717, 1.165) is 44.3 Å². The normalized spacial score (nSPS) is 20.6. The Balaban J connectivity index is 1.97. The lowest BCUT2D eigenvalue weighted by Crippen LogP contribution is -2.42. The number of nitrogens with one attached hydrogen (secondary N) is 1. The molecule has 1 N–H and O–H groups in total. The number of alkyl halides is 1. The van der Waals surface area contributed by atoms with Gasteiger partial charge in [0.1, 0.15) is 6.73 Å². The Bertz CT molecular complexity index is 557. The third-order valence-corrected chi connectivity index (χ3v) is 7.92. The Kier molecular flexibility index (Phi) is 8.85. The van der Waals surface area contributed by atoms with Gasteiger partial charge in [0.05, 0.1) is 29.4 Å². The molecular weight excluding hydrogens is 436 g/mol. The molecule has 0 aliphatic carbocycles. The molecule has 1 amide bonds. The highest BCUT2D eigenvalue weighted by molar-refractivity contribution is 9.09. The molecule has 162 valence electrons. The second kappa shape index (κ2) is 10.5. The minimum atomic E-state index is -1.09. The Morgan fingerprint density at radius 1 is 1.32 bits per heavy atom. The zero-order valence-electron chi connectivity index (χ0n) is 18.6. The fourth-order valence-electron chi connectivity index (χ4n) is 3.71. The van der Waals surface area contributed by atoms with Crippen LogP contribution < -0.4 is 5.32 Å². The van der Waals surface area contributed by atoms with E-state index in [0.29, 0.717) is 25.7 Å². The van der Waals surface area contributed by atoms with Gasteiger partial charge < -0.3 is 24.8 Å². The van der Waals surface area contributed by atoms with Crippen molar-refractivity contribution in [2.45, 2.75) is 50.4 Å². The number of carbonyl (C=O) groups is 1. The van der Waals surface area contributed by atoms with Crippen LogP contribution >= 0.6 is 15.9 Å². The highest BCUT2D eigenvalue weighted by Crippen LogP contribution is 2.27. The van der Waals surface area contributed by atoms with Crippen LogP contribution in [0.3, 0.4) is 0 Å². The van der Waals surface area contributed by atoms with Crippen LogP contribution in [-0.2, 0) is 9.53 Å². The molecule has 8 heteroatoms. The minimum absolute atomic E-state index is 0.149. The van der Waals surface area contributed by atoms with Gasteiger partial charge in [0.25, 0.3) is 0 Å². The third kappa shape index (κ3) is 6.74. The van der Waals surface area contributed by atoms with Crippen LogP contribution in [0.15, 0.2) is 11.4 Å². The SMILES string of the molecule is CNC1=C(N(COCC[Si](C)(C)C)C(C)Br)CN(C(=O)C2CCN(C)CC2)C1. The number of piperidine rings is 1. The van der Waals surface area contributed by atoms with Crippen LogP contribution in [0, 0.1) is 5.92 Å². The number of likely N-dealkylation sites (N-methyl/N-ethyl adjacent to an activating group) is 1. The molecule has 1 unspecified atom stereocenters. The van der Waals surface area contributed by atoms with Crippen molar-refractivity contribution in [1.82, 2.24) is 20.0 Å². The molecule has 1 saturated heterocycles. The average molecular weight is 476 g/mol. The van der Waals surface area contributed by atoms with Gasteiger partial charge >= 0.3 is 0 Å². The van der Waals surface area contributed by atoms with Crippen LogP contribution in [0.25, 0.3) is 0 Å². The second-order valence-corrected chi connectivity index (χ2v) is 16.3. The molecule has 0 saturated carbocycles. The molecule has 2 rings (SSSR count). The zero-order chi connectivity index (χ0) is 20.9. The molecule has 1 atom stereocenters. The largest absolute Gasteiger partial charge is 0.389 e. The molecule has 2 heterocycles. The van der Waals surface area contributed by atoms with Gasteiger partial charge in [-0.25, -0.2) is 0 Å². The monoisotopic (exact) mass is 474 g/mol. The van der Waals surface area contributed by atoms with Crippen LogP contribution in [-0.4, -0.2) is 87.2 Å². The van der Waals surface area contributed by atoms with E-state index in [9.17, 15) is 4.79 Å². The smallest absolute Gasteiger partial charge is 0.226 e. The van der Waals surface area contributed by atoms with E-state index in [-0.39, 0.29) is 10.9 Å². The molecular formula is C20H39BrN4O2Si. The number of halogens is 1. The van der Waals surface area contributed by atoms with E-state index >= 15 is 0 Å². The van der Waals surface area contributed by atoms with Gasteiger partial charge in [0.2, 0.25) is 5.91 Å². The lowest BCUT2D eigenvalue weighted by atomic mass is 9.96. The van der Waals surface area contributed by atoms with Gasteiger partial charge in [-0.2, -0.15) is 0 Å². The quantitative estimate of drug-likeness (QED) is 0.183. The molecule has 0 aromatic rings. The lowest BCUT2D eigenvalue weighted by molar-refractivity contribution is -0.135. The lowest BCUT2D eigenvalue weighted by Gasteiger charge is -2.32. The van der Waals surface area contributed by atoms with Crippen molar-refractivity contribution >= 4 is 29.9 Å². The Hall–Kier alpha value is -0.573. The van der Waals surface area contributed by atoms with Gasteiger partial charge in [-0.15, -0.1) is 0 Å². The molecule has 0 aromatic carbocycles. The topological polar surface area (TPSA) is 48.1 Å². The van der Waals surface area contributed by atoms with E-state index in [1.54, 1.807) is 0 Å². The summed E-state index contributed by atoms with van der Waals surface area (Å²) in [4.78, 5) is 19.8. The maximum absolute atomic E-state index is 13.1. The van der Waals surface area contributed by atoms with Gasteiger partial charge in [-0.05, 0) is 45.9 Å². The predicted octanol–water partition coefficient (Wildman–Crippen LogP) is 2.96. The van der Waals surface area contributed by atoms with Crippen LogP contribution in [0.2, 0.25) is 25.7 Å². The van der Waals surface area contributed by atoms with E-state index in [2.05, 4.69) is 64.7 Å². The predicted molar refractivity (Wildman–Crippen MR) is 122 cm³/mol. The van der Waals surface area contributed by atoms with Gasteiger partial charge in [0.15, 0.2) is 0 Å². The highest BCUT2D eigenvalue weighted by Gasteiger charge is 2.34. The van der Waals surface area contributed by atoms with E-state index < -0.39 is 8.07 Å². The summed E-state index contributed by atoms with van der Waals surface area (Å²) in [6.07, 6.45) is 1.93. The Labute approximate surface area is 180 Å². The number of nitrogens with zero attached hydrogens (tertiary/aromatic N) is 3. The van der Waals surface area contributed by atoms with Crippen molar-refractivity contribution in [3.05, 3.63) is 11.4 Å². The minimum Gasteiger partial charge on any atom is -0.389 e. The van der Waals surface area contributed by atoms with Gasteiger partial charge in [0, 0.05) is 27.6 Å². The molecule has 0 aromatic heterocycles. The first-order chi connectivity index (χ1) is 13.1. The summed E-state index contributed by atoms with van der Waals surface area (Å²) in [7, 11) is 2.98. The van der Waals surface area contributed by atoms with Gasteiger partial charge in [-0.1, -0.05) is 35.6 Å². The van der Waals surface area contributed by atoms with Gasteiger partial charge in [-0.3, -0.25) is 4.79 Å². The van der Waals surface area contributed by atoms with Crippen molar-refractivity contribution in [2.75, 3.05) is 53.6 Å². The molecule has 2 aliphatic rings. The van der Waals surface area contributed by atoms with Crippen LogP contribution in [0.1, 0.15) is 19.8 Å². The molecule has 6 nitrogen and oxygen atoms in total. The number of amides is 1. The second-order valence-electron chi connectivity index (χ2n) is 9.34. The molecule has 0 bridgehead atoms. The van der Waals surface area contributed by atoms with E-state index in [4.69, 9.17) is 4.74 Å². The molecule has 28 heavy (non-hydrogen) atoms. The summed E-state index contributed by atoms with van der Waals surface area (Å²) in [5.74, 6) is 0.467. The summed E-state index contributed by atoms with van der Waals surface area (Å²) in [5, 5.41) is 3.33. The van der Waals surface area contributed by atoms with Crippen molar-refractivity contribution < 1.29 is 9.53 Å². The van der Waals surface area contributed by atoms with Crippen LogP contribution in [0.4, 0.5) is 0 Å². The average Bonchev–Trinajstić information content (AvgIpc) is 3.04. The fourth-order valence-corrected chi connectivity index (χ4v) is 4.83. The first kappa shape index (κ1) is 23.7. The van der Waals surface area contributed by atoms with E-state index in [1.807, 2.05) is 11.9 Å². The number of hydrogen-bond donors (Lipinski definition) is 1. The van der Waals surface area contributed by atoms with Crippen molar-refractivity contribution in [2.24, 2.45) is 5.92 Å². The van der Waals surface area contributed by atoms with E-state index in [1.165, 1.54) is 5.70 Å². The molecule has 0 spiro atoms. The maximum Gasteiger partial charge on any atom is 0.226 e. The Morgan fingerprint density at radius 3 is 2.50 bits per heavy atom. The summed E-state index contributed by atoms with van der Waals surface area (Å²) >= 11 is 3.72. The number of likely N-dealkylation sites (tertiary alicyclic amines) is 1. The fraction of sp³-hybridized carbons (Fsp3) is 0.850. The first-order valence-corrected chi connectivity index (χ1v) is 15.1. The van der Waals surface area contributed by atoms with Crippen molar-refractivity contribution in [1.29, 1.82) is 0 Å². The summed E-state index contributed by atoms with van der Waals surface area (Å²) in [6, 6.07) is 1.16.